The number of thiazole rings is 1. The number of anilines is 1. The van der Waals surface area contributed by atoms with Gasteiger partial charge in [-0.05, 0) is 20.8 Å². The van der Waals surface area contributed by atoms with Crippen molar-refractivity contribution in [3.05, 3.63) is 10.6 Å². The predicted molar refractivity (Wildman–Crippen MR) is 70.4 cm³/mol. The molecular formula is C12H18N2O3S. The third-order valence-corrected chi connectivity index (χ3v) is 3.89. The monoisotopic (exact) mass is 270 g/mol. The van der Waals surface area contributed by atoms with Crippen molar-refractivity contribution in [1.82, 2.24) is 4.98 Å². The molecule has 0 saturated carbocycles. The van der Waals surface area contributed by atoms with Crippen molar-refractivity contribution in [3.8, 4) is 0 Å². The zero-order valence-corrected chi connectivity index (χ0v) is 11.9. The van der Waals surface area contributed by atoms with Gasteiger partial charge in [0.15, 0.2) is 10.8 Å². The lowest BCUT2D eigenvalue weighted by molar-refractivity contribution is -0.00523. The van der Waals surface area contributed by atoms with Crippen LogP contribution in [0.2, 0.25) is 0 Å². The Balaban J connectivity index is 2.21. The number of ether oxygens (including phenoxy) is 2. The number of hydrogen-bond donors (Lipinski definition) is 0. The Morgan fingerprint density at radius 2 is 2.06 bits per heavy atom. The van der Waals surface area contributed by atoms with Crippen molar-refractivity contribution in [2.45, 2.75) is 33.0 Å². The van der Waals surface area contributed by atoms with E-state index in [0.29, 0.717) is 5.69 Å². The summed E-state index contributed by atoms with van der Waals surface area (Å²) in [6.45, 7) is 7.59. The van der Waals surface area contributed by atoms with E-state index in [1.165, 1.54) is 18.4 Å². The first kappa shape index (κ1) is 13.3. The number of nitrogens with zero attached hydrogens (tertiary/aromatic N) is 2. The highest BCUT2D eigenvalue weighted by Gasteiger charge is 2.26. The van der Waals surface area contributed by atoms with E-state index in [2.05, 4.69) is 9.88 Å². The molecule has 1 aliphatic rings. The lowest BCUT2D eigenvalue weighted by Crippen LogP contribution is -2.45. The predicted octanol–water partition coefficient (Wildman–Crippen LogP) is 1.85. The van der Waals surface area contributed by atoms with Crippen LogP contribution in [0.3, 0.4) is 0 Å². The first-order chi connectivity index (χ1) is 8.51. The summed E-state index contributed by atoms with van der Waals surface area (Å²) in [6, 6.07) is 0. The van der Waals surface area contributed by atoms with Crippen LogP contribution in [0.1, 0.15) is 29.2 Å². The molecule has 0 radical (unpaired) electrons. The number of methoxy groups -OCH3 is 1. The standard InChI is InChI=1S/C12H18N2O3S/c1-7-5-14(6-8(2)17-7)12-13-10(9(3)18-12)11(15)16-4/h7-8H,5-6H2,1-4H3. The molecule has 2 rings (SSSR count). The van der Waals surface area contributed by atoms with Crippen LogP contribution in [-0.2, 0) is 9.47 Å². The van der Waals surface area contributed by atoms with Crippen molar-refractivity contribution in [1.29, 1.82) is 0 Å². The first-order valence-corrected chi connectivity index (χ1v) is 6.79. The van der Waals surface area contributed by atoms with E-state index in [0.717, 1.165) is 23.1 Å². The number of aryl methyl sites for hydroxylation is 1. The van der Waals surface area contributed by atoms with Crippen LogP contribution in [0, 0.1) is 6.92 Å². The summed E-state index contributed by atoms with van der Waals surface area (Å²) in [6.07, 6.45) is 0.360. The van der Waals surface area contributed by atoms with Crippen LogP contribution in [0.25, 0.3) is 0 Å². The molecule has 1 saturated heterocycles. The Bertz CT molecular complexity index is 437. The van der Waals surface area contributed by atoms with Crippen molar-refractivity contribution >= 4 is 22.4 Å². The molecule has 2 atom stereocenters. The van der Waals surface area contributed by atoms with Crippen molar-refractivity contribution in [2.24, 2.45) is 0 Å². The minimum absolute atomic E-state index is 0.180. The first-order valence-electron chi connectivity index (χ1n) is 5.97. The number of carbonyl (C=O) groups is 1. The average Bonchev–Trinajstić information content (AvgIpc) is 2.69. The van der Waals surface area contributed by atoms with Crippen LogP contribution >= 0.6 is 11.3 Å². The summed E-state index contributed by atoms with van der Waals surface area (Å²) in [5.41, 5.74) is 0.421. The van der Waals surface area contributed by atoms with Gasteiger partial charge in [0.1, 0.15) is 0 Å². The van der Waals surface area contributed by atoms with E-state index in [4.69, 9.17) is 9.47 Å². The smallest absolute Gasteiger partial charge is 0.357 e. The van der Waals surface area contributed by atoms with E-state index in [-0.39, 0.29) is 18.2 Å². The normalized spacial score (nSPS) is 24.1. The van der Waals surface area contributed by atoms with Crippen molar-refractivity contribution in [3.63, 3.8) is 0 Å². The molecule has 0 bridgehead atoms. The van der Waals surface area contributed by atoms with E-state index in [9.17, 15) is 4.79 Å². The van der Waals surface area contributed by atoms with Crippen LogP contribution in [-0.4, -0.2) is 43.4 Å². The van der Waals surface area contributed by atoms with Crippen LogP contribution < -0.4 is 4.90 Å². The zero-order chi connectivity index (χ0) is 13.3. The topological polar surface area (TPSA) is 51.7 Å². The van der Waals surface area contributed by atoms with Crippen molar-refractivity contribution < 1.29 is 14.3 Å². The van der Waals surface area contributed by atoms with E-state index < -0.39 is 0 Å². The highest BCUT2D eigenvalue weighted by molar-refractivity contribution is 7.15. The van der Waals surface area contributed by atoms with Crippen LogP contribution in [0.5, 0.6) is 0 Å². The Kier molecular flexibility index (Phi) is 3.87. The van der Waals surface area contributed by atoms with Gasteiger partial charge in [0.05, 0.1) is 19.3 Å². The Labute approximate surface area is 111 Å². The van der Waals surface area contributed by atoms with Crippen molar-refractivity contribution in [2.75, 3.05) is 25.1 Å². The highest BCUT2D eigenvalue weighted by atomic mass is 32.1. The van der Waals surface area contributed by atoms with Gasteiger partial charge in [-0.2, -0.15) is 0 Å². The molecule has 6 heteroatoms. The molecule has 2 unspecified atom stereocenters. The molecule has 1 fully saturated rings. The minimum Gasteiger partial charge on any atom is -0.464 e. The number of rotatable bonds is 2. The fourth-order valence-corrected chi connectivity index (χ4v) is 3.05. The second-order valence-corrected chi connectivity index (χ2v) is 5.74. The summed E-state index contributed by atoms with van der Waals surface area (Å²) in [5, 5.41) is 0.870. The minimum atomic E-state index is -0.371. The molecule has 0 amide bonds. The molecule has 0 spiro atoms. The summed E-state index contributed by atoms with van der Waals surface area (Å²) in [7, 11) is 1.37. The molecule has 18 heavy (non-hydrogen) atoms. The molecule has 0 N–H and O–H groups in total. The van der Waals surface area contributed by atoms with Gasteiger partial charge in [-0.3, -0.25) is 0 Å². The molecule has 1 aromatic rings. The lowest BCUT2D eigenvalue weighted by Gasteiger charge is -2.35. The molecule has 5 nitrogen and oxygen atoms in total. The van der Waals surface area contributed by atoms with Gasteiger partial charge >= 0.3 is 5.97 Å². The van der Waals surface area contributed by atoms with Gasteiger partial charge in [0.25, 0.3) is 0 Å². The zero-order valence-electron chi connectivity index (χ0n) is 11.1. The summed E-state index contributed by atoms with van der Waals surface area (Å²) < 4.78 is 10.4. The highest BCUT2D eigenvalue weighted by Crippen LogP contribution is 2.28. The third-order valence-electron chi connectivity index (χ3n) is 2.85. The van der Waals surface area contributed by atoms with E-state index in [1.807, 2.05) is 20.8 Å². The molecule has 0 aliphatic carbocycles. The Hall–Kier alpha value is -1.14. The van der Waals surface area contributed by atoms with Gasteiger partial charge in [-0.15, -0.1) is 11.3 Å². The quantitative estimate of drug-likeness (QED) is 0.768. The van der Waals surface area contributed by atoms with E-state index in [1.54, 1.807) is 0 Å². The Morgan fingerprint density at radius 1 is 1.44 bits per heavy atom. The molecule has 0 aromatic carbocycles. The number of morpholine rings is 1. The van der Waals surface area contributed by atoms with Crippen LogP contribution in [0.4, 0.5) is 5.13 Å². The van der Waals surface area contributed by atoms with Gasteiger partial charge in [-0.1, -0.05) is 0 Å². The SMILES string of the molecule is COC(=O)c1nc(N2CC(C)OC(C)C2)sc1C. The maximum atomic E-state index is 11.5. The summed E-state index contributed by atoms with van der Waals surface area (Å²) in [5.74, 6) is -0.371. The fourth-order valence-electron chi connectivity index (χ4n) is 2.14. The largest absolute Gasteiger partial charge is 0.464 e. The summed E-state index contributed by atoms with van der Waals surface area (Å²) >= 11 is 1.53. The number of hydrogen-bond acceptors (Lipinski definition) is 6. The second-order valence-electron chi connectivity index (χ2n) is 4.56. The molecule has 1 aromatic heterocycles. The van der Waals surface area contributed by atoms with Gasteiger partial charge in [0.2, 0.25) is 0 Å². The molecule has 100 valence electrons. The van der Waals surface area contributed by atoms with Gasteiger partial charge < -0.3 is 14.4 Å². The average molecular weight is 270 g/mol. The molecule has 1 aliphatic heterocycles. The lowest BCUT2D eigenvalue weighted by atomic mass is 10.2. The number of carbonyl (C=O) groups excluding carboxylic acids is 1. The van der Waals surface area contributed by atoms with Crippen LogP contribution in [0.15, 0.2) is 0 Å². The van der Waals surface area contributed by atoms with Gasteiger partial charge in [0, 0.05) is 18.0 Å². The van der Waals surface area contributed by atoms with E-state index >= 15 is 0 Å². The third kappa shape index (κ3) is 2.64. The van der Waals surface area contributed by atoms with Gasteiger partial charge in [-0.25, -0.2) is 9.78 Å². The number of aromatic nitrogens is 1. The maximum absolute atomic E-state index is 11.5. The molecular weight excluding hydrogens is 252 g/mol. The Morgan fingerprint density at radius 3 is 2.61 bits per heavy atom. The molecule has 2 heterocycles. The summed E-state index contributed by atoms with van der Waals surface area (Å²) in [4.78, 5) is 19.0. The number of esters is 1. The maximum Gasteiger partial charge on any atom is 0.357 e. The fraction of sp³-hybridized carbons (Fsp3) is 0.667. The second kappa shape index (κ2) is 5.24.